The molecule has 4 nitrogen and oxygen atoms in total. The molecule has 1 aromatic carbocycles. The molecule has 1 N–H and O–H groups in total. The van der Waals surface area contributed by atoms with E-state index in [1.165, 1.54) is 15.3 Å². The average Bonchev–Trinajstić information content (AvgIpc) is 3.39. The van der Waals surface area contributed by atoms with Crippen LogP contribution >= 0.6 is 22.7 Å². The number of amides is 2. The Balaban J connectivity index is 1.43. The molecular weight excluding hydrogens is 376 g/mol. The fraction of sp³-hybridized carbons (Fsp3) is 0.238. The first-order valence-electron chi connectivity index (χ1n) is 8.96. The van der Waals surface area contributed by atoms with E-state index in [2.05, 4.69) is 28.2 Å². The van der Waals surface area contributed by atoms with E-state index in [9.17, 15) is 9.59 Å². The van der Waals surface area contributed by atoms with Crippen LogP contribution in [-0.4, -0.2) is 29.8 Å². The molecule has 1 unspecified atom stereocenters. The number of rotatable bonds is 5. The molecule has 0 aliphatic carbocycles. The Labute approximate surface area is 166 Å². The van der Waals surface area contributed by atoms with Gasteiger partial charge in [0.15, 0.2) is 0 Å². The van der Waals surface area contributed by atoms with Crippen molar-refractivity contribution in [2.24, 2.45) is 0 Å². The number of benzene rings is 1. The van der Waals surface area contributed by atoms with Crippen LogP contribution in [-0.2, 0) is 11.2 Å². The number of thiophene rings is 2. The molecule has 1 aliphatic heterocycles. The number of carbonyl (C=O) groups excluding carboxylic acids is 2. The van der Waals surface area contributed by atoms with Crippen LogP contribution in [0.15, 0.2) is 59.3 Å². The minimum Gasteiger partial charge on any atom is -0.352 e. The summed E-state index contributed by atoms with van der Waals surface area (Å²) in [6, 6.07) is 15.3. The van der Waals surface area contributed by atoms with Crippen molar-refractivity contribution in [1.82, 2.24) is 10.2 Å². The van der Waals surface area contributed by atoms with Crippen molar-refractivity contribution in [3.8, 4) is 0 Å². The Bertz CT molecular complexity index is 919. The van der Waals surface area contributed by atoms with Gasteiger partial charge in [-0.05, 0) is 47.0 Å². The third kappa shape index (κ3) is 3.82. The molecule has 138 valence electrons. The van der Waals surface area contributed by atoms with Crippen LogP contribution < -0.4 is 5.32 Å². The van der Waals surface area contributed by atoms with Gasteiger partial charge in [-0.25, -0.2) is 0 Å². The van der Waals surface area contributed by atoms with E-state index in [1.54, 1.807) is 34.8 Å². The van der Waals surface area contributed by atoms with Gasteiger partial charge in [0.05, 0.1) is 6.04 Å². The van der Waals surface area contributed by atoms with Gasteiger partial charge in [-0.2, -0.15) is 0 Å². The van der Waals surface area contributed by atoms with E-state index in [1.807, 2.05) is 29.2 Å². The second-order valence-corrected chi connectivity index (χ2v) is 8.41. The van der Waals surface area contributed by atoms with Crippen molar-refractivity contribution in [3.05, 3.63) is 80.2 Å². The molecule has 6 heteroatoms. The van der Waals surface area contributed by atoms with Gasteiger partial charge in [-0.15, -0.1) is 22.7 Å². The van der Waals surface area contributed by atoms with Gasteiger partial charge in [-0.3, -0.25) is 9.59 Å². The molecule has 0 bridgehead atoms. The van der Waals surface area contributed by atoms with Gasteiger partial charge in [0.1, 0.15) is 0 Å². The molecule has 0 radical (unpaired) electrons. The lowest BCUT2D eigenvalue weighted by Gasteiger charge is -2.35. The van der Waals surface area contributed by atoms with Crippen LogP contribution in [0.1, 0.15) is 38.1 Å². The van der Waals surface area contributed by atoms with E-state index in [-0.39, 0.29) is 17.9 Å². The zero-order chi connectivity index (χ0) is 18.6. The van der Waals surface area contributed by atoms with Crippen LogP contribution in [0.4, 0.5) is 0 Å². The van der Waals surface area contributed by atoms with Crippen LogP contribution in [0.5, 0.6) is 0 Å². The highest BCUT2D eigenvalue weighted by atomic mass is 32.1. The van der Waals surface area contributed by atoms with Gasteiger partial charge in [0, 0.05) is 34.8 Å². The molecule has 3 heterocycles. The molecule has 0 saturated carbocycles. The lowest BCUT2D eigenvalue weighted by atomic mass is 9.98. The lowest BCUT2D eigenvalue weighted by Crippen LogP contribution is -2.41. The van der Waals surface area contributed by atoms with Crippen LogP contribution in [0, 0.1) is 0 Å². The molecular formula is C21H20N2O2S2. The van der Waals surface area contributed by atoms with Crippen molar-refractivity contribution >= 4 is 34.5 Å². The molecule has 1 aliphatic rings. The van der Waals surface area contributed by atoms with E-state index < -0.39 is 0 Å². The summed E-state index contributed by atoms with van der Waals surface area (Å²) >= 11 is 3.45. The zero-order valence-corrected chi connectivity index (χ0v) is 16.4. The largest absolute Gasteiger partial charge is 0.352 e. The van der Waals surface area contributed by atoms with Crippen LogP contribution in [0.3, 0.4) is 0 Å². The summed E-state index contributed by atoms with van der Waals surface area (Å²) in [7, 11) is 0. The average molecular weight is 397 g/mol. The molecule has 4 rings (SSSR count). The number of fused-ring (bicyclic) bond motifs is 1. The fourth-order valence-corrected chi connectivity index (χ4v) is 5.22. The van der Waals surface area contributed by atoms with Crippen LogP contribution in [0.2, 0.25) is 0 Å². The van der Waals surface area contributed by atoms with Crippen molar-refractivity contribution < 1.29 is 9.59 Å². The molecule has 1 atom stereocenters. The minimum atomic E-state index is -0.142. The summed E-state index contributed by atoms with van der Waals surface area (Å²) in [6.45, 7) is 1.07. The zero-order valence-electron chi connectivity index (χ0n) is 14.8. The monoisotopic (exact) mass is 396 g/mol. The maximum atomic E-state index is 12.9. The minimum absolute atomic E-state index is 0.00248. The van der Waals surface area contributed by atoms with Crippen molar-refractivity contribution in [1.29, 1.82) is 0 Å². The first-order valence-corrected chi connectivity index (χ1v) is 10.7. The Hall–Kier alpha value is -2.44. The molecule has 2 aromatic heterocycles. The number of carbonyl (C=O) groups is 2. The van der Waals surface area contributed by atoms with Crippen molar-refractivity contribution in [2.75, 3.05) is 13.1 Å². The number of nitrogens with zero attached hydrogens (tertiary/aromatic N) is 1. The Morgan fingerprint density at radius 2 is 1.89 bits per heavy atom. The summed E-state index contributed by atoms with van der Waals surface area (Å²) in [6.07, 6.45) is 1.21. The van der Waals surface area contributed by atoms with E-state index in [0.29, 0.717) is 18.5 Å². The second kappa shape index (κ2) is 8.06. The smallest absolute Gasteiger partial charge is 0.251 e. The summed E-state index contributed by atoms with van der Waals surface area (Å²) < 4.78 is 0. The predicted molar refractivity (Wildman–Crippen MR) is 109 cm³/mol. The molecule has 3 aromatic rings. The topological polar surface area (TPSA) is 49.4 Å². The van der Waals surface area contributed by atoms with E-state index >= 15 is 0 Å². The van der Waals surface area contributed by atoms with E-state index in [0.717, 1.165) is 13.0 Å². The molecule has 0 spiro atoms. The van der Waals surface area contributed by atoms with Crippen molar-refractivity contribution in [2.45, 2.75) is 18.9 Å². The van der Waals surface area contributed by atoms with Gasteiger partial charge in [0.2, 0.25) is 5.91 Å². The summed E-state index contributed by atoms with van der Waals surface area (Å²) in [4.78, 5) is 29.6. The third-order valence-electron chi connectivity index (χ3n) is 4.76. The summed E-state index contributed by atoms with van der Waals surface area (Å²) in [5.41, 5.74) is 1.86. The second-order valence-electron chi connectivity index (χ2n) is 6.43. The molecule has 0 fully saturated rings. The van der Waals surface area contributed by atoms with E-state index in [4.69, 9.17) is 0 Å². The van der Waals surface area contributed by atoms with Crippen LogP contribution in [0.25, 0.3) is 0 Å². The Morgan fingerprint density at radius 1 is 1.04 bits per heavy atom. The standard InChI is InChI=1S/C21H20N2O2S2/c24-19(8-11-22-21(25)15-5-2-1-3-6-15)23-12-9-17-16(10-14-27-17)20(23)18-7-4-13-26-18/h1-7,10,13-14,20H,8-9,11-12H2,(H,22,25). The maximum absolute atomic E-state index is 12.9. The Kier molecular flexibility index (Phi) is 5.36. The molecule has 2 amide bonds. The number of hydrogen-bond acceptors (Lipinski definition) is 4. The normalized spacial score (nSPS) is 16.0. The highest BCUT2D eigenvalue weighted by molar-refractivity contribution is 7.10. The highest BCUT2D eigenvalue weighted by Crippen LogP contribution is 2.39. The first-order chi connectivity index (χ1) is 13.2. The summed E-state index contributed by atoms with van der Waals surface area (Å²) in [5, 5.41) is 7.02. The van der Waals surface area contributed by atoms with Gasteiger partial charge < -0.3 is 10.2 Å². The number of hydrogen-bond donors (Lipinski definition) is 1. The third-order valence-corrected chi connectivity index (χ3v) is 6.68. The molecule has 27 heavy (non-hydrogen) atoms. The first kappa shape index (κ1) is 17.9. The predicted octanol–water partition coefficient (Wildman–Crippen LogP) is 4.10. The fourth-order valence-electron chi connectivity index (χ4n) is 3.46. The highest BCUT2D eigenvalue weighted by Gasteiger charge is 2.33. The SMILES string of the molecule is O=C(NCCC(=O)N1CCc2sccc2C1c1cccs1)c1ccccc1. The van der Waals surface area contributed by atoms with Gasteiger partial charge in [-0.1, -0.05) is 24.3 Å². The Morgan fingerprint density at radius 3 is 2.67 bits per heavy atom. The maximum Gasteiger partial charge on any atom is 0.251 e. The molecule has 0 saturated heterocycles. The number of nitrogens with one attached hydrogen (secondary N) is 1. The van der Waals surface area contributed by atoms with Gasteiger partial charge >= 0.3 is 0 Å². The van der Waals surface area contributed by atoms with Crippen molar-refractivity contribution in [3.63, 3.8) is 0 Å². The lowest BCUT2D eigenvalue weighted by molar-refractivity contribution is -0.133. The summed E-state index contributed by atoms with van der Waals surface area (Å²) in [5.74, 6) is -0.0596. The quantitative estimate of drug-likeness (QED) is 0.706. The van der Waals surface area contributed by atoms with Gasteiger partial charge in [0.25, 0.3) is 5.91 Å².